The van der Waals surface area contributed by atoms with Crippen LogP contribution >= 0.6 is 23.1 Å². The van der Waals surface area contributed by atoms with Crippen LogP contribution < -0.4 is 5.01 Å². The standard InChI is InChI=1S/C17H20N4O2S2/c1-4-7-12(22)16-15(13-9-6-10-24-13)21(14(23)8-5-2)20-11(3)18-19-17(20)25-16/h6,9-10H,4-5,7-8H2,1-3H3. The van der Waals surface area contributed by atoms with Crippen molar-refractivity contribution in [1.82, 2.24) is 14.9 Å². The van der Waals surface area contributed by atoms with Gasteiger partial charge in [-0.05, 0) is 43.0 Å². The first-order valence-electron chi connectivity index (χ1n) is 8.32. The topological polar surface area (TPSA) is 68.1 Å². The van der Waals surface area contributed by atoms with Crippen molar-refractivity contribution < 1.29 is 9.59 Å². The van der Waals surface area contributed by atoms with Gasteiger partial charge in [0.1, 0.15) is 5.70 Å². The Kier molecular flexibility index (Phi) is 5.39. The van der Waals surface area contributed by atoms with Crippen molar-refractivity contribution in [2.24, 2.45) is 0 Å². The Morgan fingerprint density at radius 2 is 1.92 bits per heavy atom. The van der Waals surface area contributed by atoms with Gasteiger partial charge in [-0.3, -0.25) is 9.59 Å². The third-order valence-corrected chi connectivity index (χ3v) is 5.71. The Morgan fingerprint density at radius 1 is 1.16 bits per heavy atom. The van der Waals surface area contributed by atoms with Gasteiger partial charge in [0.15, 0.2) is 11.6 Å². The average molecular weight is 377 g/mol. The molecule has 8 heteroatoms. The molecule has 0 radical (unpaired) electrons. The first-order valence-corrected chi connectivity index (χ1v) is 10.0. The van der Waals surface area contributed by atoms with E-state index < -0.39 is 0 Å². The fourth-order valence-corrected chi connectivity index (χ4v) is 4.58. The number of aryl methyl sites for hydroxylation is 1. The molecule has 0 atom stereocenters. The fourth-order valence-electron chi connectivity index (χ4n) is 2.68. The van der Waals surface area contributed by atoms with Crippen LogP contribution in [0.5, 0.6) is 0 Å². The number of aromatic nitrogens is 3. The summed E-state index contributed by atoms with van der Waals surface area (Å²) in [5.41, 5.74) is 0.660. The minimum absolute atomic E-state index is 0.0390. The highest BCUT2D eigenvalue weighted by molar-refractivity contribution is 8.04. The average Bonchev–Trinajstić information content (AvgIpc) is 3.24. The van der Waals surface area contributed by atoms with Gasteiger partial charge >= 0.3 is 0 Å². The summed E-state index contributed by atoms with van der Waals surface area (Å²) in [6.45, 7) is 5.76. The third kappa shape index (κ3) is 3.28. The van der Waals surface area contributed by atoms with Gasteiger partial charge in [-0.15, -0.1) is 21.5 Å². The van der Waals surface area contributed by atoms with E-state index in [2.05, 4.69) is 10.2 Å². The largest absolute Gasteiger partial charge is 0.294 e. The normalized spacial score (nSPS) is 14.0. The van der Waals surface area contributed by atoms with Gasteiger partial charge in [0, 0.05) is 12.8 Å². The minimum atomic E-state index is -0.0582. The summed E-state index contributed by atoms with van der Waals surface area (Å²) in [6, 6.07) is 3.87. The van der Waals surface area contributed by atoms with Gasteiger partial charge in [0.2, 0.25) is 11.1 Å². The molecule has 6 nitrogen and oxygen atoms in total. The molecule has 0 bridgehead atoms. The van der Waals surface area contributed by atoms with Crippen molar-refractivity contribution in [2.45, 2.75) is 51.6 Å². The first kappa shape index (κ1) is 17.9. The van der Waals surface area contributed by atoms with Gasteiger partial charge in [-0.2, -0.15) is 0 Å². The Labute approximate surface area is 154 Å². The van der Waals surface area contributed by atoms with Crippen LogP contribution in [0.2, 0.25) is 0 Å². The SMILES string of the molecule is CCCC(=O)C1=C(c2cccs2)N(C(=O)CCC)n2c(C)nnc2S1. The summed E-state index contributed by atoms with van der Waals surface area (Å²) < 4.78 is 1.72. The van der Waals surface area contributed by atoms with E-state index in [1.807, 2.05) is 38.3 Å². The number of hydrogen-bond acceptors (Lipinski definition) is 6. The van der Waals surface area contributed by atoms with Gasteiger partial charge in [-0.1, -0.05) is 19.9 Å². The summed E-state index contributed by atoms with van der Waals surface area (Å²) in [7, 11) is 0. The molecule has 0 saturated carbocycles. The summed E-state index contributed by atoms with van der Waals surface area (Å²) in [4.78, 5) is 27.2. The van der Waals surface area contributed by atoms with E-state index in [1.165, 1.54) is 23.1 Å². The fraction of sp³-hybridized carbons (Fsp3) is 0.412. The van der Waals surface area contributed by atoms with Gasteiger partial charge in [-0.25, -0.2) is 9.69 Å². The molecule has 2 aromatic heterocycles. The van der Waals surface area contributed by atoms with Crippen molar-refractivity contribution in [3.8, 4) is 0 Å². The maximum atomic E-state index is 12.9. The highest BCUT2D eigenvalue weighted by Crippen LogP contribution is 2.41. The number of fused-ring (bicyclic) bond motifs is 1. The van der Waals surface area contributed by atoms with E-state index in [0.29, 0.717) is 34.4 Å². The van der Waals surface area contributed by atoms with Crippen LogP contribution in [0, 0.1) is 6.92 Å². The van der Waals surface area contributed by atoms with Crippen LogP contribution in [-0.2, 0) is 9.59 Å². The smallest absolute Gasteiger partial charge is 0.246 e. The zero-order valence-electron chi connectivity index (χ0n) is 14.5. The van der Waals surface area contributed by atoms with Crippen molar-refractivity contribution >= 4 is 40.5 Å². The van der Waals surface area contributed by atoms with Gasteiger partial charge in [0.25, 0.3) is 0 Å². The summed E-state index contributed by atoms with van der Waals surface area (Å²) >= 11 is 2.82. The van der Waals surface area contributed by atoms with Crippen molar-refractivity contribution in [3.63, 3.8) is 0 Å². The Hall–Kier alpha value is -1.93. The number of carbonyl (C=O) groups excluding carboxylic acids is 2. The lowest BCUT2D eigenvalue weighted by Crippen LogP contribution is -2.42. The highest BCUT2D eigenvalue weighted by Gasteiger charge is 2.36. The molecule has 25 heavy (non-hydrogen) atoms. The number of thioether (sulfide) groups is 1. The summed E-state index contributed by atoms with van der Waals surface area (Å²) in [6.07, 6.45) is 2.33. The number of nitrogens with zero attached hydrogens (tertiary/aromatic N) is 4. The van der Waals surface area contributed by atoms with Gasteiger partial charge in [0.05, 0.1) is 9.78 Å². The number of allylic oxidation sites excluding steroid dienone is 1. The van der Waals surface area contributed by atoms with Crippen LogP contribution in [-0.4, -0.2) is 26.6 Å². The molecular weight excluding hydrogens is 356 g/mol. The molecule has 132 valence electrons. The van der Waals surface area contributed by atoms with Gasteiger partial charge < -0.3 is 0 Å². The maximum absolute atomic E-state index is 12.9. The minimum Gasteiger partial charge on any atom is -0.294 e. The van der Waals surface area contributed by atoms with E-state index in [0.717, 1.165) is 17.7 Å². The second kappa shape index (κ2) is 7.53. The van der Waals surface area contributed by atoms with Crippen LogP contribution in [0.25, 0.3) is 5.70 Å². The molecule has 0 saturated heterocycles. The predicted octanol–water partition coefficient (Wildman–Crippen LogP) is 3.76. The Balaban J connectivity index is 2.22. The van der Waals surface area contributed by atoms with Crippen LogP contribution in [0.1, 0.15) is 50.2 Å². The molecule has 1 aliphatic heterocycles. The van der Waals surface area contributed by atoms with E-state index in [1.54, 1.807) is 9.69 Å². The van der Waals surface area contributed by atoms with E-state index >= 15 is 0 Å². The summed E-state index contributed by atoms with van der Waals surface area (Å²) in [5.74, 6) is 0.609. The predicted molar refractivity (Wildman–Crippen MR) is 99.9 cm³/mol. The number of Topliss-reactive ketones (excluding diaryl/α,β-unsaturated/α-hetero) is 1. The molecule has 1 amide bonds. The molecule has 0 spiro atoms. The van der Waals surface area contributed by atoms with Crippen molar-refractivity contribution in [3.05, 3.63) is 33.1 Å². The van der Waals surface area contributed by atoms with Crippen LogP contribution in [0.15, 0.2) is 27.6 Å². The Morgan fingerprint density at radius 3 is 2.56 bits per heavy atom. The highest BCUT2D eigenvalue weighted by atomic mass is 32.2. The van der Waals surface area contributed by atoms with Crippen LogP contribution in [0.3, 0.4) is 0 Å². The molecule has 2 aromatic rings. The molecule has 0 aromatic carbocycles. The number of rotatable bonds is 6. The lowest BCUT2D eigenvalue weighted by atomic mass is 10.1. The van der Waals surface area contributed by atoms with Crippen molar-refractivity contribution in [2.75, 3.05) is 5.01 Å². The monoisotopic (exact) mass is 376 g/mol. The quantitative estimate of drug-likeness (QED) is 0.768. The lowest BCUT2D eigenvalue weighted by molar-refractivity contribution is -0.119. The number of amides is 1. The molecular formula is C17H20N4O2S2. The number of carbonyl (C=O) groups is 2. The van der Waals surface area contributed by atoms with E-state index in [4.69, 9.17) is 0 Å². The molecule has 0 N–H and O–H groups in total. The summed E-state index contributed by atoms with van der Waals surface area (Å²) in [5, 5.41) is 12.4. The molecule has 0 aliphatic carbocycles. The van der Waals surface area contributed by atoms with E-state index in [-0.39, 0.29) is 11.7 Å². The molecule has 1 aliphatic rings. The first-order chi connectivity index (χ1) is 12.1. The molecule has 0 unspecified atom stereocenters. The van der Waals surface area contributed by atoms with E-state index in [9.17, 15) is 9.59 Å². The second-order valence-electron chi connectivity index (χ2n) is 5.73. The maximum Gasteiger partial charge on any atom is 0.246 e. The number of hydrogen-bond donors (Lipinski definition) is 0. The zero-order chi connectivity index (χ0) is 18.0. The molecule has 3 heterocycles. The second-order valence-corrected chi connectivity index (χ2v) is 7.65. The Bertz CT molecular complexity index is 824. The zero-order valence-corrected chi connectivity index (χ0v) is 16.1. The number of ketones is 1. The molecule has 3 rings (SSSR count). The number of thiophene rings is 1. The van der Waals surface area contributed by atoms with Crippen LogP contribution in [0.4, 0.5) is 0 Å². The third-order valence-electron chi connectivity index (χ3n) is 3.77. The lowest BCUT2D eigenvalue weighted by Gasteiger charge is -2.32. The molecule has 0 fully saturated rings. The van der Waals surface area contributed by atoms with Crippen molar-refractivity contribution in [1.29, 1.82) is 0 Å².